The van der Waals surface area contributed by atoms with Gasteiger partial charge in [-0.1, -0.05) is 5.92 Å². The third-order valence-corrected chi connectivity index (χ3v) is 3.41. The van der Waals surface area contributed by atoms with E-state index in [1.807, 2.05) is 0 Å². The summed E-state index contributed by atoms with van der Waals surface area (Å²) in [7, 11) is 0. The zero-order valence-electron chi connectivity index (χ0n) is 9.48. The van der Waals surface area contributed by atoms with Crippen molar-refractivity contribution in [1.82, 2.24) is 9.80 Å². The number of nitrogens with zero attached hydrogens (tertiary/aromatic N) is 2. The molecule has 0 aromatic heterocycles. The van der Waals surface area contributed by atoms with Crippen LogP contribution in [0.3, 0.4) is 0 Å². The number of hydrogen-bond donors (Lipinski definition) is 0. The first-order valence-electron chi connectivity index (χ1n) is 5.71. The van der Waals surface area contributed by atoms with Gasteiger partial charge >= 0.3 is 0 Å². The van der Waals surface area contributed by atoms with Gasteiger partial charge in [0.25, 0.3) is 0 Å². The smallest absolute Gasteiger partial charge is 0.246 e. The summed E-state index contributed by atoms with van der Waals surface area (Å²) in [6, 6.07) is -0.550. The Morgan fingerprint density at radius 1 is 1.44 bits per heavy atom. The second kappa shape index (κ2) is 4.17. The molecule has 2 amide bonds. The highest BCUT2D eigenvalue weighted by Gasteiger charge is 2.41. The summed E-state index contributed by atoms with van der Waals surface area (Å²) in [5, 5.41) is 0. The van der Waals surface area contributed by atoms with Crippen LogP contribution in [0.2, 0.25) is 0 Å². The Bertz CT molecular complexity index is 359. The molecule has 2 rings (SSSR count). The van der Waals surface area contributed by atoms with E-state index in [1.165, 1.54) is 4.90 Å². The zero-order valence-corrected chi connectivity index (χ0v) is 9.48. The number of carbonyl (C=O) groups is 2. The fraction of sp³-hybridized carbons (Fsp3) is 0.667. The Kier molecular flexibility index (Phi) is 2.86. The molecule has 0 aromatic carbocycles. The number of fused-ring (bicyclic) bond motifs is 1. The minimum atomic E-state index is -0.291. The summed E-state index contributed by atoms with van der Waals surface area (Å²) in [5.74, 6) is 2.57. The van der Waals surface area contributed by atoms with Crippen molar-refractivity contribution in [2.75, 3.05) is 13.1 Å². The summed E-state index contributed by atoms with van der Waals surface area (Å²) in [6.45, 7) is 2.64. The van der Waals surface area contributed by atoms with Crippen molar-refractivity contribution in [3.63, 3.8) is 0 Å². The van der Waals surface area contributed by atoms with E-state index in [4.69, 9.17) is 6.42 Å². The minimum absolute atomic E-state index is 0.0183. The van der Waals surface area contributed by atoms with E-state index in [1.54, 1.807) is 11.8 Å². The summed E-state index contributed by atoms with van der Waals surface area (Å²) >= 11 is 0. The molecule has 4 heteroatoms. The second-order valence-electron chi connectivity index (χ2n) is 4.41. The van der Waals surface area contributed by atoms with Crippen molar-refractivity contribution >= 4 is 11.8 Å². The SMILES string of the molecule is C#CC(C)N1CC(=O)N2CCCCC2C1=O. The average Bonchev–Trinajstić information content (AvgIpc) is 2.33. The molecule has 0 aliphatic carbocycles. The summed E-state index contributed by atoms with van der Waals surface area (Å²) in [4.78, 5) is 27.2. The first-order valence-corrected chi connectivity index (χ1v) is 5.71. The predicted molar refractivity (Wildman–Crippen MR) is 59.4 cm³/mol. The van der Waals surface area contributed by atoms with Crippen molar-refractivity contribution in [2.24, 2.45) is 0 Å². The van der Waals surface area contributed by atoms with Crippen LogP contribution in [0, 0.1) is 12.3 Å². The number of piperidine rings is 1. The van der Waals surface area contributed by atoms with Crippen LogP contribution >= 0.6 is 0 Å². The highest BCUT2D eigenvalue weighted by Crippen LogP contribution is 2.23. The van der Waals surface area contributed by atoms with Crippen LogP contribution in [0.1, 0.15) is 26.2 Å². The third-order valence-electron chi connectivity index (χ3n) is 3.41. The number of amides is 2. The predicted octanol–water partition coefficient (Wildman–Crippen LogP) is 0.231. The highest BCUT2D eigenvalue weighted by molar-refractivity contribution is 5.95. The second-order valence-corrected chi connectivity index (χ2v) is 4.41. The van der Waals surface area contributed by atoms with Crippen LogP contribution in [0.25, 0.3) is 0 Å². The molecule has 2 aliphatic rings. The van der Waals surface area contributed by atoms with E-state index in [2.05, 4.69) is 5.92 Å². The maximum absolute atomic E-state index is 12.1. The number of piperazine rings is 1. The van der Waals surface area contributed by atoms with Gasteiger partial charge in [0.2, 0.25) is 11.8 Å². The molecule has 2 heterocycles. The molecule has 2 aliphatic heterocycles. The highest BCUT2D eigenvalue weighted by atomic mass is 16.2. The fourth-order valence-corrected chi connectivity index (χ4v) is 2.41. The Morgan fingerprint density at radius 3 is 2.88 bits per heavy atom. The topological polar surface area (TPSA) is 40.6 Å². The van der Waals surface area contributed by atoms with Crippen molar-refractivity contribution in [3.8, 4) is 12.3 Å². The standard InChI is InChI=1S/C12H16N2O2/c1-3-9(2)14-8-11(15)13-7-5-4-6-10(13)12(14)16/h1,9-10H,4-8H2,2H3. The maximum atomic E-state index is 12.1. The van der Waals surface area contributed by atoms with E-state index in [0.29, 0.717) is 6.54 Å². The molecule has 16 heavy (non-hydrogen) atoms. The van der Waals surface area contributed by atoms with E-state index in [0.717, 1.165) is 19.3 Å². The molecule has 0 N–H and O–H groups in total. The van der Waals surface area contributed by atoms with Gasteiger partial charge in [-0.25, -0.2) is 0 Å². The first-order chi connectivity index (χ1) is 7.65. The quantitative estimate of drug-likeness (QED) is 0.594. The molecule has 2 saturated heterocycles. The maximum Gasteiger partial charge on any atom is 0.246 e. The lowest BCUT2D eigenvalue weighted by Crippen LogP contribution is -2.62. The van der Waals surface area contributed by atoms with Crippen LogP contribution in [-0.4, -0.2) is 46.8 Å². The molecule has 4 nitrogen and oxygen atoms in total. The number of terminal acetylenes is 1. The van der Waals surface area contributed by atoms with Gasteiger partial charge in [-0.15, -0.1) is 6.42 Å². The Labute approximate surface area is 95.6 Å². The van der Waals surface area contributed by atoms with Crippen molar-refractivity contribution in [2.45, 2.75) is 38.3 Å². The number of rotatable bonds is 1. The van der Waals surface area contributed by atoms with Gasteiger partial charge in [-0.3, -0.25) is 9.59 Å². The van der Waals surface area contributed by atoms with E-state index >= 15 is 0 Å². The fourth-order valence-electron chi connectivity index (χ4n) is 2.41. The molecule has 0 bridgehead atoms. The largest absolute Gasteiger partial charge is 0.329 e. The van der Waals surface area contributed by atoms with Crippen molar-refractivity contribution in [3.05, 3.63) is 0 Å². The van der Waals surface area contributed by atoms with Crippen molar-refractivity contribution < 1.29 is 9.59 Å². The summed E-state index contributed by atoms with van der Waals surface area (Å²) in [5.41, 5.74) is 0. The lowest BCUT2D eigenvalue weighted by Gasteiger charge is -2.43. The Hall–Kier alpha value is -1.50. The van der Waals surface area contributed by atoms with Crippen LogP contribution in [0.5, 0.6) is 0 Å². The van der Waals surface area contributed by atoms with E-state index in [9.17, 15) is 9.59 Å². The van der Waals surface area contributed by atoms with Gasteiger partial charge in [0.15, 0.2) is 0 Å². The third kappa shape index (κ3) is 1.67. The number of carbonyl (C=O) groups excluding carboxylic acids is 2. The molecular weight excluding hydrogens is 204 g/mol. The van der Waals surface area contributed by atoms with Crippen LogP contribution < -0.4 is 0 Å². The summed E-state index contributed by atoms with van der Waals surface area (Å²) < 4.78 is 0. The molecular formula is C12H16N2O2. The molecule has 2 atom stereocenters. The Balaban J connectivity index is 2.20. The van der Waals surface area contributed by atoms with Crippen molar-refractivity contribution in [1.29, 1.82) is 0 Å². The minimum Gasteiger partial charge on any atom is -0.329 e. The normalized spacial score (nSPS) is 27.4. The van der Waals surface area contributed by atoms with E-state index in [-0.39, 0.29) is 30.4 Å². The van der Waals surface area contributed by atoms with Gasteiger partial charge in [0.05, 0.1) is 6.04 Å². The Morgan fingerprint density at radius 2 is 2.19 bits per heavy atom. The lowest BCUT2D eigenvalue weighted by atomic mass is 9.97. The molecule has 2 fully saturated rings. The van der Waals surface area contributed by atoms with Gasteiger partial charge < -0.3 is 9.80 Å². The lowest BCUT2D eigenvalue weighted by molar-refractivity contribution is -0.158. The molecule has 86 valence electrons. The van der Waals surface area contributed by atoms with Crippen LogP contribution in [0.15, 0.2) is 0 Å². The van der Waals surface area contributed by atoms with E-state index < -0.39 is 0 Å². The summed E-state index contributed by atoms with van der Waals surface area (Å²) in [6.07, 6.45) is 8.10. The van der Waals surface area contributed by atoms with Gasteiger partial charge in [0.1, 0.15) is 12.6 Å². The van der Waals surface area contributed by atoms with Gasteiger partial charge in [0, 0.05) is 6.54 Å². The average molecular weight is 220 g/mol. The molecule has 0 aromatic rings. The van der Waals surface area contributed by atoms with Gasteiger partial charge in [-0.2, -0.15) is 0 Å². The molecule has 2 unspecified atom stereocenters. The molecule has 0 saturated carbocycles. The van der Waals surface area contributed by atoms with Gasteiger partial charge in [-0.05, 0) is 26.2 Å². The van der Waals surface area contributed by atoms with Crippen LogP contribution in [0.4, 0.5) is 0 Å². The zero-order chi connectivity index (χ0) is 11.7. The first kappa shape index (κ1) is 11.0. The molecule has 0 radical (unpaired) electrons. The van der Waals surface area contributed by atoms with Crippen LogP contribution in [-0.2, 0) is 9.59 Å². The number of hydrogen-bond acceptors (Lipinski definition) is 2. The monoisotopic (exact) mass is 220 g/mol. The molecule has 0 spiro atoms.